The Balaban J connectivity index is 1.54. The molecular formula is C18H16N2O4. The zero-order valence-electron chi connectivity index (χ0n) is 13.2. The fourth-order valence-corrected chi connectivity index (χ4v) is 3.78. The first-order chi connectivity index (χ1) is 11.5. The van der Waals surface area contributed by atoms with Gasteiger partial charge in [0, 0.05) is 24.7 Å². The fourth-order valence-electron chi connectivity index (χ4n) is 3.78. The van der Waals surface area contributed by atoms with E-state index in [1.54, 1.807) is 24.3 Å². The number of rotatable bonds is 2. The van der Waals surface area contributed by atoms with Crippen LogP contribution in [-0.4, -0.2) is 47.0 Å². The molecule has 1 aromatic rings. The van der Waals surface area contributed by atoms with Crippen LogP contribution in [0.4, 0.5) is 0 Å². The maximum atomic E-state index is 12.4. The third-order valence-corrected chi connectivity index (χ3v) is 5.10. The molecule has 122 valence electrons. The monoisotopic (exact) mass is 324 g/mol. The van der Waals surface area contributed by atoms with Crippen molar-refractivity contribution in [2.24, 2.45) is 5.92 Å². The molecule has 6 nitrogen and oxygen atoms in total. The van der Waals surface area contributed by atoms with Crippen molar-refractivity contribution in [3.63, 3.8) is 0 Å². The number of likely N-dealkylation sites (N-methyl/N-ethyl adjacent to an activating group) is 1. The van der Waals surface area contributed by atoms with Crippen molar-refractivity contribution in [3.8, 4) is 0 Å². The molecule has 6 heteroatoms. The first-order valence-corrected chi connectivity index (χ1v) is 7.98. The Bertz CT molecular complexity index is 804. The predicted octanol–water partition coefficient (Wildman–Crippen LogP) is 1.38. The van der Waals surface area contributed by atoms with E-state index < -0.39 is 0 Å². The second-order valence-corrected chi connectivity index (χ2v) is 6.50. The van der Waals surface area contributed by atoms with Crippen molar-refractivity contribution >= 4 is 23.6 Å². The Labute approximate surface area is 138 Å². The van der Waals surface area contributed by atoms with E-state index in [9.17, 15) is 19.2 Å². The molecule has 4 rings (SSSR count). The number of amides is 4. The third kappa shape index (κ3) is 1.95. The largest absolute Gasteiger partial charge is 0.278 e. The maximum absolute atomic E-state index is 12.4. The smallest absolute Gasteiger partial charge is 0.261 e. The lowest BCUT2D eigenvalue weighted by Gasteiger charge is -2.25. The summed E-state index contributed by atoms with van der Waals surface area (Å²) in [6.07, 6.45) is 1.66. The van der Waals surface area contributed by atoms with Gasteiger partial charge in [-0.15, -0.1) is 0 Å². The Hall–Kier alpha value is -2.76. The van der Waals surface area contributed by atoms with Crippen LogP contribution in [0.15, 0.2) is 35.4 Å². The number of fused-ring (bicyclic) bond motifs is 1. The molecule has 0 bridgehead atoms. The van der Waals surface area contributed by atoms with E-state index in [1.807, 2.05) is 0 Å². The summed E-state index contributed by atoms with van der Waals surface area (Å²) in [6, 6.07) is 6.80. The van der Waals surface area contributed by atoms with Gasteiger partial charge in [0.05, 0.1) is 11.1 Å². The number of imide groups is 2. The fraction of sp³-hybridized carbons (Fsp3) is 0.333. The topological polar surface area (TPSA) is 74.8 Å². The normalized spacial score (nSPS) is 23.3. The van der Waals surface area contributed by atoms with Crippen molar-refractivity contribution in [2.75, 3.05) is 13.6 Å². The standard InChI is InChI=1S/C18H16N2O4/c1-19-15(21)13-7-6-10(8-14(13)16(19)22)9-20-17(23)11-4-2-3-5-12(11)18(20)24/h2-5,10H,6-9H2,1H3. The Kier molecular flexibility index (Phi) is 3.16. The highest BCUT2D eigenvalue weighted by Crippen LogP contribution is 2.36. The average molecular weight is 324 g/mol. The molecule has 0 saturated carbocycles. The molecule has 4 amide bonds. The number of benzene rings is 1. The van der Waals surface area contributed by atoms with Crippen molar-refractivity contribution in [1.82, 2.24) is 9.80 Å². The molecule has 0 spiro atoms. The first kappa shape index (κ1) is 14.8. The average Bonchev–Trinajstić information content (AvgIpc) is 2.96. The number of carbonyl (C=O) groups is 4. The molecule has 0 N–H and O–H groups in total. The van der Waals surface area contributed by atoms with E-state index in [0.717, 1.165) is 4.90 Å². The van der Waals surface area contributed by atoms with Crippen LogP contribution >= 0.6 is 0 Å². The summed E-state index contributed by atoms with van der Waals surface area (Å²) in [5, 5.41) is 0. The molecule has 1 atom stereocenters. The second kappa shape index (κ2) is 5.12. The summed E-state index contributed by atoms with van der Waals surface area (Å²) >= 11 is 0. The van der Waals surface area contributed by atoms with Crippen molar-refractivity contribution in [3.05, 3.63) is 46.5 Å². The number of nitrogens with zero attached hydrogens (tertiary/aromatic N) is 2. The Morgan fingerprint density at radius 2 is 1.50 bits per heavy atom. The Morgan fingerprint density at radius 1 is 0.917 bits per heavy atom. The van der Waals surface area contributed by atoms with E-state index in [-0.39, 0.29) is 36.1 Å². The third-order valence-electron chi connectivity index (χ3n) is 5.10. The van der Waals surface area contributed by atoms with Crippen LogP contribution in [0.3, 0.4) is 0 Å². The molecule has 24 heavy (non-hydrogen) atoms. The quantitative estimate of drug-likeness (QED) is 0.770. The summed E-state index contributed by atoms with van der Waals surface area (Å²) in [6.45, 7) is 0.286. The van der Waals surface area contributed by atoms with Gasteiger partial charge in [0.2, 0.25) is 0 Å². The van der Waals surface area contributed by atoms with Crippen LogP contribution in [0, 0.1) is 5.92 Å². The van der Waals surface area contributed by atoms with Gasteiger partial charge >= 0.3 is 0 Å². The van der Waals surface area contributed by atoms with Crippen LogP contribution in [-0.2, 0) is 9.59 Å². The SMILES string of the molecule is CN1C(=O)C2=C(CC(CN3C(=O)c4ccccc4C3=O)CC2)C1=O. The van der Waals surface area contributed by atoms with Crippen LogP contribution in [0.2, 0.25) is 0 Å². The molecule has 1 aromatic carbocycles. The summed E-state index contributed by atoms with van der Waals surface area (Å²) in [5.74, 6) is -1.01. The molecule has 0 saturated heterocycles. The number of hydrogen-bond donors (Lipinski definition) is 0. The van der Waals surface area contributed by atoms with Gasteiger partial charge in [-0.3, -0.25) is 29.0 Å². The second-order valence-electron chi connectivity index (χ2n) is 6.50. The molecule has 0 aromatic heterocycles. The molecule has 3 aliphatic rings. The van der Waals surface area contributed by atoms with Crippen LogP contribution in [0.5, 0.6) is 0 Å². The van der Waals surface area contributed by atoms with Gasteiger partial charge in [-0.1, -0.05) is 12.1 Å². The molecule has 0 fully saturated rings. The highest BCUT2D eigenvalue weighted by molar-refractivity contribution is 6.21. The van der Waals surface area contributed by atoms with Crippen LogP contribution < -0.4 is 0 Å². The molecule has 2 heterocycles. The lowest BCUT2D eigenvalue weighted by atomic mass is 9.84. The Morgan fingerprint density at radius 3 is 2.12 bits per heavy atom. The minimum atomic E-state index is -0.277. The van der Waals surface area contributed by atoms with E-state index in [1.165, 1.54) is 11.9 Å². The summed E-state index contributed by atoms with van der Waals surface area (Å²) in [7, 11) is 1.49. The lowest BCUT2D eigenvalue weighted by molar-refractivity contribution is -0.136. The van der Waals surface area contributed by atoms with Gasteiger partial charge in [0.25, 0.3) is 23.6 Å². The first-order valence-electron chi connectivity index (χ1n) is 7.98. The van der Waals surface area contributed by atoms with Gasteiger partial charge in [-0.25, -0.2) is 0 Å². The summed E-state index contributed by atoms with van der Waals surface area (Å²) < 4.78 is 0. The minimum absolute atomic E-state index is 0.00853. The lowest BCUT2D eigenvalue weighted by Crippen LogP contribution is -2.35. The van der Waals surface area contributed by atoms with E-state index in [2.05, 4.69) is 0 Å². The van der Waals surface area contributed by atoms with Gasteiger partial charge in [-0.05, 0) is 37.3 Å². The van der Waals surface area contributed by atoms with Gasteiger partial charge in [-0.2, -0.15) is 0 Å². The van der Waals surface area contributed by atoms with Crippen LogP contribution in [0.25, 0.3) is 0 Å². The minimum Gasteiger partial charge on any atom is -0.278 e. The van der Waals surface area contributed by atoms with Gasteiger partial charge < -0.3 is 0 Å². The number of carbonyl (C=O) groups excluding carboxylic acids is 4. The molecule has 1 aliphatic carbocycles. The van der Waals surface area contributed by atoms with Crippen molar-refractivity contribution in [1.29, 1.82) is 0 Å². The molecule has 0 radical (unpaired) electrons. The van der Waals surface area contributed by atoms with Crippen molar-refractivity contribution in [2.45, 2.75) is 19.3 Å². The van der Waals surface area contributed by atoms with Gasteiger partial charge in [0.15, 0.2) is 0 Å². The molecule has 2 aliphatic heterocycles. The highest BCUT2D eigenvalue weighted by atomic mass is 16.2. The highest BCUT2D eigenvalue weighted by Gasteiger charge is 2.41. The van der Waals surface area contributed by atoms with Gasteiger partial charge in [0.1, 0.15) is 0 Å². The zero-order chi connectivity index (χ0) is 17.0. The summed E-state index contributed by atoms with van der Waals surface area (Å²) in [5.41, 5.74) is 2.02. The summed E-state index contributed by atoms with van der Waals surface area (Å²) in [4.78, 5) is 51.4. The zero-order valence-corrected chi connectivity index (χ0v) is 13.2. The predicted molar refractivity (Wildman–Crippen MR) is 84.0 cm³/mol. The number of hydrogen-bond acceptors (Lipinski definition) is 4. The van der Waals surface area contributed by atoms with E-state index in [0.29, 0.717) is 41.5 Å². The van der Waals surface area contributed by atoms with E-state index in [4.69, 9.17) is 0 Å². The van der Waals surface area contributed by atoms with Crippen molar-refractivity contribution < 1.29 is 19.2 Å². The van der Waals surface area contributed by atoms with Crippen LogP contribution in [0.1, 0.15) is 40.0 Å². The van der Waals surface area contributed by atoms with E-state index >= 15 is 0 Å². The molecular weight excluding hydrogens is 308 g/mol. The molecule has 1 unspecified atom stereocenters. The maximum Gasteiger partial charge on any atom is 0.261 e.